The third-order valence-electron chi connectivity index (χ3n) is 2.59. The Bertz CT molecular complexity index is 586. The lowest BCUT2D eigenvalue weighted by molar-refractivity contribution is -0.121. The molecule has 0 aliphatic carbocycles. The summed E-state index contributed by atoms with van der Waals surface area (Å²) in [6, 6.07) is 1.54. The maximum Gasteiger partial charge on any atom is 0.242 e. The van der Waals surface area contributed by atoms with Crippen LogP contribution < -0.4 is 10.6 Å². The van der Waals surface area contributed by atoms with Crippen LogP contribution in [0.1, 0.15) is 20.3 Å². The molecule has 19 heavy (non-hydrogen) atoms. The zero-order valence-electron chi connectivity index (χ0n) is 10.7. The van der Waals surface area contributed by atoms with Gasteiger partial charge in [-0.2, -0.15) is 0 Å². The molecule has 0 aromatic carbocycles. The van der Waals surface area contributed by atoms with Crippen LogP contribution in [-0.2, 0) is 4.79 Å². The maximum absolute atomic E-state index is 11.8. The van der Waals surface area contributed by atoms with Gasteiger partial charge in [-0.05, 0) is 36.4 Å². The second kappa shape index (κ2) is 6.16. The number of carbonyl (C=O) groups is 1. The topological polar surface area (TPSA) is 66.9 Å². The van der Waals surface area contributed by atoms with Gasteiger partial charge in [-0.3, -0.25) is 4.79 Å². The van der Waals surface area contributed by atoms with Gasteiger partial charge < -0.3 is 10.6 Å². The average molecular weight is 299 g/mol. The minimum atomic E-state index is -0.374. The van der Waals surface area contributed by atoms with E-state index < -0.39 is 0 Å². The molecule has 5 nitrogen and oxygen atoms in total. The summed E-state index contributed by atoms with van der Waals surface area (Å²) < 4.78 is 0. The number of hydrogen-bond acceptors (Lipinski definition) is 5. The molecule has 0 spiro atoms. The van der Waals surface area contributed by atoms with Crippen molar-refractivity contribution in [1.82, 2.24) is 15.3 Å². The number of nitrogens with zero attached hydrogens (tertiary/aromatic N) is 2. The number of carbonyl (C=O) groups excluding carboxylic acids is 1. The number of halogens is 1. The van der Waals surface area contributed by atoms with E-state index in [-0.39, 0.29) is 17.2 Å². The first-order valence-corrected chi connectivity index (χ1v) is 7.32. The maximum atomic E-state index is 11.8. The zero-order chi connectivity index (χ0) is 13.8. The molecule has 2 N–H and O–H groups in total. The van der Waals surface area contributed by atoms with E-state index in [0.717, 1.165) is 16.6 Å². The highest BCUT2D eigenvalue weighted by Gasteiger charge is 2.15. The van der Waals surface area contributed by atoms with Gasteiger partial charge in [0.15, 0.2) is 0 Å². The molecule has 0 saturated heterocycles. The molecule has 2 aromatic heterocycles. The molecule has 2 rings (SSSR count). The Labute approximate surface area is 120 Å². The van der Waals surface area contributed by atoms with Crippen molar-refractivity contribution in [3.63, 3.8) is 0 Å². The molecular formula is C12H15ClN4OS. The van der Waals surface area contributed by atoms with Gasteiger partial charge in [0.1, 0.15) is 16.7 Å². The summed E-state index contributed by atoms with van der Waals surface area (Å²) in [5, 5.41) is 8.89. The van der Waals surface area contributed by atoms with Crippen LogP contribution >= 0.6 is 22.9 Å². The van der Waals surface area contributed by atoms with Crippen molar-refractivity contribution in [2.24, 2.45) is 0 Å². The number of hydrogen-bond donors (Lipinski definition) is 2. The monoisotopic (exact) mass is 298 g/mol. The summed E-state index contributed by atoms with van der Waals surface area (Å²) >= 11 is 7.36. The van der Waals surface area contributed by atoms with Crippen LogP contribution in [0, 0.1) is 0 Å². The minimum Gasteiger partial charge on any atom is -0.358 e. The SMILES string of the molecule is CCCNC(=O)C(C)Nc1nc(Cl)nc2sccc12. The molecule has 0 aliphatic heterocycles. The number of amides is 1. The molecule has 0 radical (unpaired) electrons. The molecule has 102 valence electrons. The molecular weight excluding hydrogens is 284 g/mol. The van der Waals surface area contributed by atoms with E-state index in [0.29, 0.717) is 12.4 Å². The fraction of sp³-hybridized carbons (Fsp3) is 0.417. The predicted molar refractivity (Wildman–Crippen MR) is 78.8 cm³/mol. The number of fused-ring (bicyclic) bond motifs is 1. The third-order valence-corrected chi connectivity index (χ3v) is 3.57. The second-order valence-corrected chi connectivity index (χ2v) is 5.37. The van der Waals surface area contributed by atoms with E-state index >= 15 is 0 Å². The van der Waals surface area contributed by atoms with Crippen molar-refractivity contribution in [2.45, 2.75) is 26.3 Å². The minimum absolute atomic E-state index is 0.0556. The third kappa shape index (κ3) is 3.33. The average Bonchev–Trinajstić information content (AvgIpc) is 2.83. The van der Waals surface area contributed by atoms with E-state index in [1.54, 1.807) is 6.92 Å². The number of thiophene rings is 1. The largest absolute Gasteiger partial charge is 0.358 e. The summed E-state index contributed by atoms with van der Waals surface area (Å²) in [5.41, 5.74) is 0. The normalized spacial score (nSPS) is 12.4. The van der Waals surface area contributed by atoms with Crippen LogP contribution in [0.4, 0.5) is 5.82 Å². The first-order valence-electron chi connectivity index (χ1n) is 6.06. The summed E-state index contributed by atoms with van der Waals surface area (Å²) in [5.74, 6) is 0.537. The summed E-state index contributed by atoms with van der Waals surface area (Å²) in [7, 11) is 0. The van der Waals surface area contributed by atoms with Gasteiger partial charge in [-0.1, -0.05) is 6.92 Å². The lowest BCUT2D eigenvalue weighted by Gasteiger charge is -2.14. The van der Waals surface area contributed by atoms with Crippen LogP contribution in [0.3, 0.4) is 0 Å². The molecule has 2 heterocycles. The van der Waals surface area contributed by atoms with E-state index in [9.17, 15) is 4.79 Å². The van der Waals surface area contributed by atoms with Gasteiger partial charge in [-0.25, -0.2) is 9.97 Å². The van der Waals surface area contributed by atoms with E-state index in [1.165, 1.54) is 11.3 Å². The van der Waals surface area contributed by atoms with Gasteiger partial charge in [0, 0.05) is 6.54 Å². The van der Waals surface area contributed by atoms with Crippen molar-refractivity contribution in [2.75, 3.05) is 11.9 Å². The van der Waals surface area contributed by atoms with Crippen LogP contribution in [-0.4, -0.2) is 28.5 Å². The Hall–Kier alpha value is -1.40. The molecule has 1 amide bonds. The van der Waals surface area contributed by atoms with E-state index in [4.69, 9.17) is 11.6 Å². The summed E-state index contributed by atoms with van der Waals surface area (Å²) in [6.45, 7) is 4.47. The Morgan fingerprint density at radius 3 is 3.05 bits per heavy atom. The van der Waals surface area contributed by atoms with Crippen LogP contribution in [0.25, 0.3) is 10.2 Å². The van der Waals surface area contributed by atoms with E-state index in [1.807, 2.05) is 18.4 Å². The van der Waals surface area contributed by atoms with Gasteiger partial charge in [-0.15, -0.1) is 11.3 Å². The highest BCUT2D eigenvalue weighted by atomic mass is 35.5. The molecule has 2 aromatic rings. The predicted octanol–water partition coefficient (Wildman–Crippen LogP) is 2.67. The summed E-state index contributed by atoms with van der Waals surface area (Å²) in [4.78, 5) is 20.9. The van der Waals surface area contributed by atoms with Gasteiger partial charge in [0.05, 0.1) is 5.39 Å². The highest BCUT2D eigenvalue weighted by Crippen LogP contribution is 2.26. The van der Waals surface area contributed by atoms with Gasteiger partial charge >= 0.3 is 0 Å². The highest BCUT2D eigenvalue weighted by molar-refractivity contribution is 7.16. The fourth-order valence-corrected chi connectivity index (χ4v) is 2.59. The molecule has 0 saturated carbocycles. The summed E-state index contributed by atoms with van der Waals surface area (Å²) in [6.07, 6.45) is 0.909. The number of anilines is 1. The van der Waals surface area contributed by atoms with Gasteiger partial charge in [0.25, 0.3) is 0 Å². The first-order chi connectivity index (χ1) is 9.11. The molecule has 0 fully saturated rings. The Morgan fingerprint density at radius 1 is 1.53 bits per heavy atom. The van der Waals surface area contributed by atoms with Crippen molar-refractivity contribution < 1.29 is 4.79 Å². The lowest BCUT2D eigenvalue weighted by Crippen LogP contribution is -2.38. The Balaban J connectivity index is 2.16. The lowest BCUT2D eigenvalue weighted by atomic mass is 10.3. The number of nitrogens with one attached hydrogen (secondary N) is 2. The van der Waals surface area contributed by atoms with Gasteiger partial charge in [0.2, 0.25) is 11.2 Å². The number of aromatic nitrogens is 2. The quantitative estimate of drug-likeness (QED) is 0.833. The second-order valence-electron chi connectivity index (χ2n) is 4.14. The molecule has 7 heteroatoms. The van der Waals surface area contributed by atoms with Crippen molar-refractivity contribution >= 4 is 44.9 Å². The first kappa shape index (κ1) is 14.0. The van der Waals surface area contributed by atoms with Crippen molar-refractivity contribution in [1.29, 1.82) is 0 Å². The molecule has 1 unspecified atom stereocenters. The molecule has 0 aliphatic rings. The van der Waals surface area contributed by atoms with Crippen LogP contribution in [0.2, 0.25) is 5.28 Å². The fourth-order valence-electron chi connectivity index (χ4n) is 1.61. The number of rotatable bonds is 5. The van der Waals surface area contributed by atoms with E-state index in [2.05, 4.69) is 20.6 Å². The standard InChI is InChI=1S/C12H15ClN4OS/c1-3-5-14-10(18)7(2)15-9-8-4-6-19-11(8)17-12(13)16-9/h4,6-7H,3,5H2,1-2H3,(H,14,18)(H,15,16,17). The van der Waals surface area contributed by atoms with Crippen molar-refractivity contribution in [3.8, 4) is 0 Å². The Kier molecular flexibility index (Phi) is 4.55. The van der Waals surface area contributed by atoms with Crippen LogP contribution in [0.15, 0.2) is 11.4 Å². The Morgan fingerprint density at radius 2 is 2.32 bits per heavy atom. The van der Waals surface area contributed by atoms with Crippen molar-refractivity contribution in [3.05, 3.63) is 16.7 Å². The smallest absolute Gasteiger partial charge is 0.242 e. The molecule has 0 bridgehead atoms. The molecule has 1 atom stereocenters. The zero-order valence-corrected chi connectivity index (χ0v) is 12.3. The van der Waals surface area contributed by atoms with Crippen LogP contribution in [0.5, 0.6) is 0 Å².